The molecule has 0 saturated heterocycles. The lowest BCUT2D eigenvalue weighted by molar-refractivity contribution is 0.0701. The molecule has 0 aliphatic rings. The van der Waals surface area contributed by atoms with Gasteiger partial charge in [0.25, 0.3) is 0 Å². The van der Waals surface area contributed by atoms with Crippen LogP contribution in [0.1, 0.15) is 20.8 Å². The molecule has 0 bridgehead atoms. The summed E-state index contributed by atoms with van der Waals surface area (Å²) in [6.45, 7) is 3.72. The number of carboxylic acids is 1. The fourth-order valence-corrected chi connectivity index (χ4v) is 2.43. The number of hydrogen-bond donors (Lipinski definition) is 1. The lowest BCUT2D eigenvalue weighted by atomic mass is 10.2. The minimum absolute atomic E-state index is 0.425. The number of hydrogen-bond acceptors (Lipinski definition) is 2. The summed E-state index contributed by atoms with van der Waals surface area (Å²) >= 11 is 4.56. The first kappa shape index (κ1) is 8.74. The molecule has 0 spiro atoms. The minimum atomic E-state index is -0.846. The average molecular weight is 235 g/mol. The second-order valence-electron chi connectivity index (χ2n) is 2.26. The maximum Gasteiger partial charge on any atom is 0.346 e. The van der Waals surface area contributed by atoms with E-state index in [1.165, 1.54) is 11.3 Å². The normalized spacial score (nSPS) is 10.1. The Bertz CT molecular complexity index is 304. The van der Waals surface area contributed by atoms with Gasteiger partial charge in [-0.3, -0.25) is 0 Å². The average Bonchev–Trinajstić information content (AvgIpc) is 2.17. The third-order valence-electron chi connectivity index (χ3n) is 1.58. The summed E-state index contributed by atoms with van der Waals surface area (Å²) in [5, 5.41) is 8.69. The first-order valence-corrected chi connectivity index (χ1v) is 4.63. The largest absolute Gasteiger partial charge is 0.477 e. The van der Waals surface area contributed by atoms with E-state index in [0.717, 1.165) is 14.9 Å². The summed E-state index contributed by atoms with van der Waals surface area (Å²) in [4.78, 5) is 11.0. The lowest BCUT2D eigenvalue weighted by Gasteiger charge is -1.90. The van der Waals surface area contributed by atoms with Gasteiger partial charge in [-0.25, -0.2) is 4.79 Å². The maximum absolute atomic E-state index is 10.6. The molecule has 2 nitrogen and oxygen atoms in total. The molecule has 0 fully saturated rings. The van der Waals surface area contributed by atoms with Crippen LogP contribution in [0.2, 0.25) is 0 Å². The quantitative estimate of drug-likeness (QED) is 0.812. The predicted molar refractivity (Wildman–Crippen MR) is 48.5 cm³/mol. The fourth-order valence-electron chi connectivity index (χ4n) is 0.764. The molecule has 0 aromatic carbocycles. The van der Waals surface area contributed by atoms with Crippen LogP contribution in [-0.4, -0.2) is 11.1 Å². The Morgan fingerprint density at radius 2 is 2.00 bits per heavy atom. The number of carboxylic acid groups (broad SMARTS) is 1. The van der Waals surface area contributed by atoms with Gasteiger partial charge in [-0.15, -0.1) is 11.3 Å². The van der Waals surface area contributed by atoms with E-state index in [1.54, 1.807) is 0 Å². The van der Waals surface area contributed by atoms with Crippen molar-refractivity contribution in [1.29, 1.82) is 0 Å². The smallest absolute Gasteiger partial charge is 0.346 e. The number of rotatable bonds is 1. The van der Waals surface area contributed by atoms with Crippen LogP contribution in [-0.2, 0) is 0 Å². The topological polar surface area (TPSA) is 37.3 Å². The van der Waals surface area contributed by atoms with Crippen LogP contribution in [0.3, 0.4) is 0 Å². The van der Waals surface area contributed by atoms with E-state index in [-0.39, 0.29) is 0 Å². The van der Waals surface area contributed by atoms with E-state index in [4.69, 9.17) is 5.11 Å². The summed E-state index contributed by atoms with van der Waals surface area (Å²) in [6.07, 6.45) is 0. The van der Waals surface area contributed by atoms with Crippen molar-refractivity contribution in [1.82, 2.24) is 0 Å². The molecular formula is C7H7BrO2S. The van der Waals surface area contributed by atoms with Crippen molar-refractivity contribution in [2.75, 3.05) is 0 Å². The summed E-state index contributed by atoms with van der Waals surface area (Å²) in [6, 6.07) is 0. The maximum atomic E-state index is 10.6. The number of thiophene rings is 1. The number of carbonyl (C=O) groups is 1. The zero-order valence-electron chi connectivity index (χ0n) is 6.14. The summed E-state index contributed by atoms with van der Waals surface area (Å²) in [5.74, 6) is -0.846. The summed E-state index contributed by atoms with van der Waals surface area (Å²) < 4.78 is 0.910. The van der Waals surface area contributed by atoms with Gasteiger partial charge in [0.05, 0.1) is 3.79 Å². The summed E-state index contributed by atoms with van der Waals surface area (Å²) in [5.41, 5.74) is 1.88. The number of aromatic carboxylic acids is 1. The van der Waals surface area contributed by atoms with Crippen molar-refractivity contribution in [2.24, 2.45) is 0 Å². The van der Waals surface area contributed by atoms with E-state index in [9.17, 15) is 4.79 Å². The van der Waals surface area contributed by atoms with Crippen molar-refractivity contribution < 1.29 is 9.90 Å². The Morgan fingerprint density at radius 1 is 1.45 bits per heavy atom. The Balaban J connectivity index is 3.29. The molecule has 1 aromatic heterocycles. The van der Waals surface area contributed by atoms with Crippen molar-refractivity contribution in [2.45, 2.75) is 13.8 Å². The first-order valence-electron chi connectivity index (χ1n) is 3.02. The zero-order valence-corrected chi connectivity index (χ0v) is 8.54. The predicted octanol–water partition coefficient (Wildman–Crippen LogP) is 2.83. The Morgan fingerprint density at radius 3 is 2.18 bits per heavy atom. The highest BCUT2D eigenvalue weighted by Gasteiger charge is 2.14. The second-order valence-corrected chi connectivity index (χ2v) is 4.60. The van der Waals surface area contributed by atoms with Crippen LogP contribution in [0, 0.1) is 13.8 Å². The molecule has 11 heavy (non-hydrogen) atoms. The van der Waals surface area contributed by atoms with Gasteiger partial charge >= 0.3 is 5.97 Å². The van der Waals surface area contributed by atoms with Crippen LogP contribution in [0.15, 0.2) is 3.79 Å². The van der Waals surface area contributed by atoms with Crippen LogP contribution in [0.25, 0.3) is 0 Å². The van der Waals surface area contributed by atoms with Gasteiger partial charge in [-0.05, 0) is 40.9 Å². The van der Waals surface area contributed by atoms with Crippen LogP contribution >= 0.6 is 27.3 Å². The van der Waals surface area contributed by atoms with E-state index in [1.807, 2.05) is 13.8 Å². The first-order chi connectivity index (χ1) is 5.04. The van der Waals surface area contributed by atoms with Crippen molar-refractivity contribution >= 4 is 33.2 Å². The van der Waals surface area contributed by atoms with E-state index in [2.05, 4.69) is 15.9 Å². The molecule has 1 N–H and O–H groups in total. The Labute approximate surface area is 77.0 Å². The molecule has 60 valence electrons. The fraction of sp³-hybridized carbons (Fsp3) is 0.286. The van der Waals surface area contributed by atoms with Gasteiger partial charge in [0.15, 0.2) is 0 Å². The highest BCUT2D eigenvalue weighted by Crippen LogP contribution is 2.31. The molecule has 0 aliphatic carbocycles. The highest BCUT2D eigenvalue weighted by molar-refractivity contribution is 9.11. The van der Waals surface area contributed by atoms with E-state index < -0.39 is 5.97 Å². The van der Waals surface area contributed by atoms with Crippen molar-refractivity contribution in [3.05, 3.63) is 19.8 Å². The molecule has 0 atom stereocenters. The highest BCUT2D eigenvalue weighted by atomic mass is 79.9. The van der Waals surface area contributed by atoms with Crippen LogP contribution in [0.5, 0.6) is 0 Å². The lowest BCUT2D eigenvalue weighted by Crippen LogP contribution is -1.94. The van der Waals surface area contributed by atoms with Gasteiger partial charge < -0.3 is 5.11 Å². The van der Waals surface area contributed by atoms with Gasteiger partial charge in [0.2, 0.25) is 0 Å². The van der Waals surface area contributed by atoms with E-state index in [0.29, 0.717) is 4.88 Å². The minimum Gasteiger partial charge on any atom is -0.477 e. The van der Waals surface area contributed by atoms with Crippen molar-refractivity contribution in [3.8, 4) is 0 Å². The third-order valence-corrected chi connectivity index (χ3v) is 3.83. The van der Waals surface area contributed by atoms with Crippen molar-refractivity contribution in [3.63, 3.8) is 0 Å². The van der Waals surface area contributed by atoms with Crippen LogP contribution in [0.4, 0.5) is 0 Å². The molecule has 0 saturated carbocycles. The molecular weight excluding hydrogens is 228 g/mol. The van der Waals surface area contributed by atoms with Crippen LogP contribution < -0.4 is 0 Å². The Kier molecular flexibility index (Phi) is 2.34. The SMILES string of the molecule is Cc1c(Br)sc(C(=O)O)c1C. The molecule has 0 unspecified atom stereocenters. The molecule has 4 heteroatoms. The molecule has 1 rings (SSSR count). The van der Waals surface area contributed by atoms with Gasteiger partial charge in [-0.1, -0.05) is 0 Å². The Hall–Kier alpha value is -0.350. The standard InChI is InChI=1S/C7H7BrO2S/c1-3-4(2)6(8)11-5(3)7(9)10/h1-2H3,(H,9,10). The molecule has 0 amide bonds. The molecule has 0 aliphatic heterocycles. The molecule has 0 radical (unpaired) electrons. The third kappa shape index (κ3) is 1.46. The van der Waals surface area contributed by atoms with Gasteiger partial charge in [-0.2, -0.15) is 0 Å². The van der Waals surface area contributed by atoms with E-state index >= 15 is 0 Å². The van der Waals surface area contributed by atoms with Gasteiger partial charge in [0, 0.05) is 0 Å². The second kappa shape index (κ2) is 2.95. The van der Waals surface area contributed by atoms with Gasteiger partial charge in [0.1, 0.15) is 4.88 Å². The molecule has 1 aromatic rings. The zero-order chi connectivity index (χ0) is 8.59. The molecule has 1 heterocycles. The number of halogens is 1. The summed E-state index contributed by atoms with van der Waals surface area (Å²) in [7, 11) is 0. The monoisotopic (exact) mass is 234 g/mol.